The minimum Gasteiger partial charge on any atom is -0.481 e. The molecule has 0 saturated carbocycles. The maximum Gasteiger partial charge on any atom is 0.303 e. The predicted molar refractivity (Wildman–Crippen MR) is 68.6 cm³/mol. The van der Waals surface area contributed by atoms with Crippen molar-refractivity contribution in [1.82, 2.24) is 0 Å². The van der Waals surface area contributed by atoms with Gasteiger partial charge in [0, 0.05) is 6.42 Å². The van der Waals surface area contributed by atoms with Crippen molar-refractivity contribution in [3.63, 3.8) is 0 Å². The molecular weight excluding hydrogens is 200 g/mol. The van der Waals surface area contributed by atoms with Crippen molar-refractivity contribution >= 4 is 5.97 Å². The zero-order valence-corrected chi connectivity index (χ0v) is 11.2. The Labute approximate surface area is 100 Å². The van der Waals surface area contributed by atoms with Gasteiger partial charge in [0.25, 0.3) is 0 Å². The van der Waals surface area contributed by atoms with Crippen molar-refractivity contribution in [2.45, 2.75) is 72.1 Å². The summed E-state index contributed by atoms with van der Waals surface area (Å²) in [7, 11) is 0. The predicted octanol–water partition coefficient (Wildman–Crippen LogP) is 4.48. The van der Waals surface area contributed by atoms with Crippen LogP contribution < -0.4 is 0 Å². The molecule has 0 spiro atoms. The number of carbonyl (C=O) groups is 1. The Balaban J connectivity index is 3.42. The van der Waals surface area contributed by atoms with Crippen molar-refractivity contribution in [2.24, 2.45) is 11.8 Å². The quantitative estimate of drug-likeness (QED) is 0.560. The summed E-state index contributed by atoms with van der Waals surface area (Å²) in [4.78, 5) is 10.5. The van der Waals surface area contributed by atoms with E-state index in [9.17, 15) is 4.79 Å². The first-order valence-electron chi connectivity index (χ1n) is 6.78. The topological polar surface area (TPSA) is 37.3 Å². The number of rotatable bonds is 10. The van der Waals surface area contributed by atoms with E-state index in [1.807, 2.05) is 6.92 Å². The minimum absolute atomic E-state index is 0.320. The lowest BCUT2D eigenvalue weighted by atomic mass is 9.91. The summed E-state index contributed by atoms with van der Waals surface area (Å²) >= 11 is 0. The first kappa shape index (κ1) is 15.5. The van der Waals surface area contributed by atoms with Crippen molar-refractivity contribution in [3.05, 3.63) is 0 Å². The molecule has 0 aliphatic carbocycles. The van der Waals surface area contributed by atoms with Gasteiger partial charge in [0.2, 0.25) is 0 Å². The normalized spacial score (nSPS) is 14.7. The lowest BCUT2D eigenvalue weighted by molar-refractivity contribution is -0.138. The Morgan fingerprint density at radius 2 is 1.69 bits per heavy atom. The standard InChI is InChI=1S/C14H28O2/c1-4-5-6-7-8-9-12(2)10-13(3)11-14(15)16/h12-13H,4-11H2,1-3H3,(H,15,16)/t12-,13+/m1/s1. The highest BCUT2D eigenvalue weighted by atomic mass is 16.4. The van der Waals surface area contributed by atoms with E-state index in [-0.39, 0.29) is 0 Å². The second-order valence-electron chi connectivity index (χ2n) is 5.25. The number of carboxylic acids is 1. The molecule has 96 valence electrons. The van der Waals surface area contributed by atoms with E-state index >= 15 is 0 Å². The fourth-order valence-corrected chi connectivity index (χ4v) is 2.28. The van der Waals surface area contributed by atoms with E-state index in [1.165, 1.54) is 38.5 Å². The third kappa shape index (κ3) is 10.0. The average Bonchev–Trinajstić information content (AvgIpc) is 2.15. The molecule has 0 rings (SSSR count). The molecule has 16 heavy (non-hydrogen) atoms. The highest BCUT2D eigenvalue weighted by Crippen LogP contribution is 2.20. The van der Waals surface area contributed by atoms with Crippen LogP contribution in [-0.2, 0) is 4.79 Å². The molecular formula is C14H28O2. The highest BCUT2D eigenvalue weighted by Gasteiger charge is 2.11. The molecule has 2 nitrogen and oxygen atoms in total. The lowest BCUT2D eigenvalue weighted by Crippen LogP contribution is -2.08. The van der Waals surface area contributed by atoms with E-state index in [1.54, 1.807) is 0 Å². The Kier molecular flexibility index (Phi) is 9.36. The van der Waals surface area contributed by atoms with Crippen LogP contribution in [0.2, 0.25) is 0 Å². The summed E-state index contributed by atoms with van der Waals surface area (Å²) in [5, 5.41) is 8.67. The minimum atomic E-state index is -0.664. The summed E-state index contributed by atoms with van der Waals surface area (Å²) in [6.07, 6.45) is 9.28. The van der Waals surface area contributed by atoms with Gasteiger partial charge in [0.1, 0.15) is 0 Å². The van der Waals surface area contributed by atoms with Gasteiger partial charge in [-0.3, -0.25) is 4.79 Å². The van der Waals surface area contributed by atoms with E-state index in [4.69, 9.17) is 5.11 Å². The Morgan fingerprint density at radius 3 is 2.25 bits per heavy atom. The fraction of sp³-hybridized carbons (Fsp3) is 0.929. The molecule has 0 aliphatic rings. The van der Waals surface area contributed by atoms with Gasteiger partial charge in [0.05, 0.1) is 0 Å². The van der Waals surface area contributed by atoms with Gasteiger partial charge in [0.15, 0.2) is 0 Å². The summed E-state index contributed by atoms with van der Waals surface area (Å²) in [5.74, 6) is 0.335. The van der Waals surface area contributed by atoms with Gasteiger partial charge < -0.3 is 5.11 Å². The zero-order chi connectivity index (χ0) is 12.4. The molecule has 0 radical (unpaired) electrons. The van der Waals surface area contributed by atoms with Crippen molar-refractivity contribution in [1.29, 1.82) is 0 Å². The number of aliphatic carboxylic acids is 1. The third-order valence-electron chi connectivity index (χ3n) is 3.13. The van der Waals surface area contributed by atoms with Gasteiger partial charge in [-0.2, -0.15) is 0 Å². The molecule has 2 heteroatoms. The molecule has 0 aromatic rings. The summed E-state index contributed by atoms with van der Waals surface area (Å²) < 4.78 is 0. The smallest absolute Gasteiger partial charge is 0.303 e. The molecule has 0 heterocycles. The second kappa shape index (κ2) is 9.68. The Hall–Kier alpha value is -0.530. The molecule has 0 fully saturated rings. The monoisotopic (exact) mass is 228 g/mol. The van der Waals surface area contributed by atoms with Crippen molar-refractivity contribution < 1.29 is 9.90 Å². The summed E-state index contributed by atoms with van der Waals surface area (Å²) in [6.45, 7) is 6.52. The average molecular weight is 228 g/mol. The molecule has 0 aromatic carbocycles. The van der Waals surface area contributed by atoms with Gasteiger partial charge in [-0.15, -0.1) is 0 Å². The number of carboxylic acid groups (broad SMARTS) is 1. The SMILES string of the molecule is CCCCCCC[C@@H](C)C[C@H](C)CC(=O)O. The number of hydrogen-bond donors (Lipinski definition) is 1. The Morgan fingerprint density at radius 1 is 1.06 bits per heavy atom. The highest BCUT2D eigenvalue weighted by molar-refractivity contribution is 5.66. The zero-order valence-electron chi connectivity index (χ0n) is 11.2. The van der Waals surface area contributed by atoms with Crippen LogP contribution in [-0.4, -0.2) is 11.1 Å². The van der Waals surface area contributed by atoms with Crippen LogP contribution in [0.25, 0.3) is 0 Å². The first-order chi connectivity index (χ1) is 7.56. The van der Waals surface area contributed by atoms with Crippen molar-refractivity contribution in [3.8, 4) is 0 Å². The maximum atomic E-state index is 10.5. The van der Waals surface area contributed by atoms with Gasteiger partial charge in [-0.25, -0.2) is 0 Å². The molecule has 0 bridgehead atoms. The van der Waals surface area contributed by atoms with Crippen LogP contribution in [0.4, 0.5) is 0 Å². The van der Waals surface area contributed by atoms with Crippen molar-refractivity contribution in [2.75, 3.05) is 0 Å². The molecule has 0 aliphatic heterocycles. The van der Waals surface area contributed by atoms with Gasteiger partial charge in [-0.05, 0) is 18.3 Å². The van der Waals surface area contributed by atoms with Crippen LogP contribution >= 0.6 is 0 Å². The second-order valence-corrected chi connectivity index (χ2v) is 5.25. The van der Waals surface area contributed by atoms with Gasteiger partial charge in [-0.1, -0.05) is 59.3 Å². The number of unbranched alkanes of at least 4 members (excludes halogenated alkanes) is 4. The van der Waals surface area contributed by atoms with Crippen LogP contribution in [0.15, 0.2) is 0 Å². The molecule has 1 N–H and O–H groups in total. The lowest BCUT2D eigenvalue weighted by Gasteiger charge is -2.15. The molecule has 0 aromatic heterocycles. The maximum absolute atomic E-state index is 10.5. The van der Waals surface area contributed by atoms with E-state index < -0.39 is 5.97 Å². The van der Waals surface area contributed by atoms with Crippen LogP contribution in [0.1, 0.15) is 72.1 Å². The molecule has 0 amide bonds. The van der Waals surface area contributed by atoms with Gasteiger partial charge >= 0.3 is 5.97 Å². The summed E-state index contributed by atoms with van der Waals surface area (Å²) in [5.41, 5.74) is 0. The Bertz CT molecular complexity index is 178. The molecule has 2 atom stereocenters. The van der Waals surface area contributed by atoms with E-state index in [0.29, 0.717) is 18.3 Å². The molecule has 0 saturated heterocycles. The number of hydrogen-bond acceptors (Lipinski definition) is 1. The molecule has 0 unspecified atom stereocenters. The third-order valence-corrected chi connectivity index (χ3v) is 3.13. The fourth-order valence-electron chi connectivity index (χ4n) is 2.28. The van der Waals surface area contributed by atoms with Crippen LogP contribution in [0.3, 0.4) is 0 Å². The summed E-state index contributed by atoms with van der Waals surface area (Å²) in [6, 6.07) is 0. The largest absolute Gasteiger partial charge is 0.481 e. The van der Waals surface area contributed by atoms with Crippen LogP contribution in [0, 0.1) is 11.8 Å². The van der Waals surface area contributed by atoms with E-state index in [2.05, 4.69) is 13.8 Å². The first-order valence-corrected chi connectivity index (χ1v) is 6.78. The van der Waals surface area contributed by atoms with E-state index in [0.717, 1.165) is 6.42 Å². The van der Waals surface area contributed by atoms with Crippen LogP contribution in [0.5, 0.6) is 0 Å².